The Labute approximate surface area is 160 Å². The van der Waals surface area contributed by atoms with Crippen LogP contribution in [0.3, 0.4) is 0 Å². The fourth-order valence-corrected chi connectivity index (χ4v) is 4.10. The van der Waals surface area contributed by atoms with Gasteiger partial charge >= 0.3 is 0 Å². The van der Waals surface area contributed by atoms with Gasteiger partial charge in [-0.2, -0.15) is 0 Å². The van der Waals surface area contributed by atoms with Crippen LogP contribution in [0.25, 0.3) is 11.0 Å². The summed E-state index contributed by atoms with van der Waals surface area (Å²) in [5.74, 6) is 1.40. The molecule has 1 fully saturated rings. The smallest absolute Gasteiger partial charge is 0.227 e. The molecule has 2 heterocycles. The molecule has 2 aromatic carbocycles. The van der Waals surface area contributed by atoms with Crippen molar-refractivity contribution in [2.75, 3.05) is 11.4 Å². The Morgan fingerprint density at radius 1 is 1.11 bits per heavy atom. The van der Waals surface area contributed by atoms with E-state index in [2.05, 4.69) is 55.7 Å². The second-order valence-corrected chi connectivity index (χ2v) is 7.59. The van der Waals surface area contributed by atoms with Crippen LogP contribution in [0.4, 0.5) is 5.69 Å². The zero-order chi connectivity index (χ0) is 19.0. The maximum atomic E-state index is 12.9. The third-order valence-electron chi connectivity index (χ3n) is 5.78. The van der Waals surface area contributed by atoms with E-state index < -0.39 is 0 Å². The number of anilines is 1. The molecule has 1 aromatic heterocycles. The van der Waals surface area contributed by atoms with Gasteiger partial charge in [-0.15, -0.1) is 0 Å². The first-order chi connectivity index (χ1) is 13.1. The van der Waals surface area contributed by atoms with E-state index in [-0.39, 0.29) is 11.8 Å². The highest BCUT2D eigenvalue weighted by atomic mass is 16.2. The van der Waals surface area contributed by atoms with Crippen molar-refractivity contribution in [3.05, 3.63) is 59.4 Å². The van der Waals surface area contributed by atoms with Crippen LogP contribution in [-0.2, 0) is 11.3 Å². The highest BCUT2D eigenvalue weighted by Gasteiger charge is 2.35. The minimum Gasteiger partial charge on any atom is -0.328 e. The van der Waals surface area contributed by atoms with Crippen molar-refractivity contribution >= 4 is 22.6 Å². The quantitative estimate of drug-likeness (QED) is 0.643. The molecule has 1 atom stereocenters. The predicted octanol–water partition coefficient (Wildman–Crippen LogP) is 4.97. The van der Waals surface area contributed by atoms with E-state index in [1.54, 1.807) is 0 Å². The number of rotatable bonds is 5. The molecule has 27 heavy (non-hydrogen) atoms. The normalized spacial score (nSPS) is 17.2. The Bertz CT molecular complexity index is 988. The molecule has 0 aliphatic carbocycles. The Kier molecular flexibility index (Phi) is 4.73. The maximum Gasteiger partial charge on any atom is 0.227 e. The summed E-state index contributed by atoms with van der Waals surface area (Å²) in [4.78, 5) is 19.7. The Hall–Kier alpha value is -2.62. The number of hydrogen-bond donors (Lipinski definition) is 0. The van der Waals surface area contributed by atoms with Crippen LogP contribution in [0.15, 0.2) is 42.5 Å². The lowest BCUT2D eigenvalue weighted by Gasteiger charge is -2.20. The van der Waals surface area contributed by atoms with E-state index in [9.17, 15) is 4.79 Å². The zero-order valence-electron chi connectivity index (χ0n) is 16.4. The van der Waals surface area contributed by atoms with Crippen LogP contribution in [0, 0.1) is 13.8 Å². The summed E-state index contributed by atoms with van der Waals surface area (Å²) >= 11 is 0. The maximum absolute atomic E-state index is 12.9. The molecule has 1 aliphatic rings. The molecule has 1 aliphatic heterocycles. The molecule has 0 spiro atoms. The van der Waals surface area contributed by atoms with Gasteiger partial charge in [0.25, 0.3) is 0 Å². The molecule has 4 rings (SSSR count). The van der Waals surface area contributed by atoms with E-state index in [1.807, 2.05) is 17.0 Å². The molecule has 0 unspecified atom stereocenters. The van der Waals surface area contributed by atoms with Crippen molar-refractivity contribution in [2.24, 2.45) is 0 Å². The number of unbranched alkanes of at least 4 members (excludes halogenated alkanes) is 1. The number of hydrogen-bond acceptors (Lipinski definition) is 2. The van der Waals surface area contributed by atoms with Crippen molar-refractivity contribution < 1.29 is 4.79 Å². The number of imidazole rings is 1. The summed E-state index contributed by atoms with van der Waals surface area (Å²) < 4.78 is 2.34. The van der Waals surface area contributed by atoms with Gasteiger partial charge in [0.2, 0.25) is 5.91 Å². The van der Waals surface area contributed by atoms with Crippen LogP contribution in [0.2, 0.25) is 0 Å². The second kappa shape index (κ2) is 7.18. The number of para-hydroxylation sites is 2. The van der Waals surface area contributed by atoms with Gasteiger partial charge in [-0.05, 0) is 49.6 Å². The molecule has 3 aromatic rings. The fourth-order valence-electron chi connectivity index (χ4n) is 4.10. The lowest BCUT2D eigenvalue weighted by Crippen LogP contribution is -2.25. The highest BCUT2D eigenvalue weighted by molar-refractivity contribution is 5.97. The van der Waals surface area contributed by atoms with Gasteiger partial charge in [-0.3, -0.25) is 4.79 Å². The minimum atomic E-state index is 0.140. The molecular formula is C23H27N3O. The Morgan fingerprint density at radius 3 is 2.74 bits per heavy atom. The summed E-state index contributed by atoms with van der Waals surface area (Å²) in [7, 11) is 0. The van der Waals surface area contributed by atoms with Gasteiger partial charge in [-0.1, -0.05) is 37.6 Å². The monoisotopic (exact) mass is 361 g/mol. The number of benzene rings is 2. The summed E-state index contributed by atoms with van der Waals surface area (Å²) in [6.45, 7) is 8.07. The number of amides is 1. The Morgan fingerprint density at radius 2 is 1.93 bits per heavy atom. The predicted molar refractivity (Wildman–Crippen MR) is 110 cm³/mol. The second-order valence-electron chi connectivity index (χ2n) is 7.59. The number of aryl methyl sites for hydroxylation is 2. The third kappa shape index (κ3) is 3.14. The number of fused-ring (bicyclic) bond motifs is 1. The molecular weight excluding hydrogens is 334 g/mol. The van der Waals surface area contributed by atoms with E-state index in [4.69, 9.17) is 4.98 Å². The molecule has 1 saturated heterocycles. The van der Waals surface area contributed by atoms with Gasteiger partial charge in [-0.25, -0.2) is 4.98 Å². The number of nitrogens with zero attached hydrogens (tertiary/aromatic N) is 3. The summed E-state index contributed by atoms with van der Waals surface area (Å²) in [6.07, 6.45) is 2.79. The standard InChI is InChI=1S/C23H27N3O/c1-4-5-13-25-21-11-7-6-10-19(21)24-23(25)18-14-22(27)26(15-18)20-12-8-9-16(2)17(20)3/h6-12,18H,4-5,13-15H2,1-3H3/t18-/m1/s1. The van der Waals surface area contributed by atoms with Crippen LogP contribution >= 0.6 is 0 Å². The van der Waals surface area contributed by atoms with Crippen molar-refractivity contribution in [1.82, 2.24) is 9.55 Å². The van der Waals surface area contributed by atoms with Crippen molar-refractivity contribution in [3.63, 3.8) is 0 Å². The summed E-state index contributed by atoms with van der Waals surface area (Å²) in [5, 5.41) is 0. The summed E-state index contributed by atoms with van der Waals surface area (Å²) in [5.41, 5.74) is 5.66. The molecule has 0 saturated carbocycles. The summed E-state index contributed by atoms with van der Waals surface area (Å²) in [6, 6.07) is 14.5. The largest absolute Gasteiger partial charge is 0.328 e. The van der Waals surface area contributed by atoms with Gasteiger partial charge in [0.05, 0.1) is 11.0 Å². The van der Waals surface area contributed by atoms with Gasteiger partial charge < -0.3 is 9.47 Å². The fraction of sp³-hybridized carbons (Fsp3) is 0.391. The molecule has 4 heteroatoms. The minimum absolute atomic E-state index is 0.140. The van der Waals surface area contributed by atoms with Gasteiger partial charge in [0, 0.05) is 31.1 Å². The van der Waals surface area contributed by atoms with E-state index in [0.717, 1.165) is 36.4 Å². The average molecular weight is 361 g/mol. The van der Waals surface area contributed by atoms with E-state index >= 15 is 0 Å². The topological polar surface area (TPSA) is 38.1 Å². The number of carbonyl (C=O) groups is 1. The number of aromatic nitrogens is 2. The number of carbonyl (C=O) groups excluding carboxylic acids is 1. The molecule has 1 amide bonds. The van der Waals surface area contributed by atoms with E-state index in [0.29, 0.717) is 13.0 Å². The lowest BCUT2D eigenvalue weighted by atomic mass is 10.1. The van der Waals surface area contributed by atoms with Crippen LogP contribution < -0.4 is 4.90 Å². The molecule has 0 bridgehead atoms. The van der Waals surface area contributed by atoms with Crippen LogP contribution in [0.5, 0.6) is 0 Å². The first-order valence-corrected chi connectivity index (χ1v) is 9.92. The van der Waals surface area contributed by atoms with Crippen molar-refractivity contribution in [1.29, 1.82) is 0 Å². The van der Waals surface area contributed by atoms with E-state index in [1.165, 1.54) is 16.6 Å². The van der Waals surface area contributed by atoms with Crippen molar-refractivity contribution in [3.8, 4) is 0 Å². The van der Waals surface area contributed by atoms with Crippen LogP contribution in [-0.4, -0.2) is 22.0 Å². The SMILES string of the molecule is CCCCn1c([C@@H]2CC(=O)N(c3cccc(C)c3C)C2)nc2ccccc21. The zero-order valence-corrected chi connectivity index (χ0v) is 16.4. The highest BCUT2D eigenvalue weighted by Crippen LogP contribution is 2.35. The van der Waals surface area contributed by atoms with Gasteiger partial charge in [0.1, 0.15) is 5.82 Å². The van der Waals surface area contributed by atoms with Crippen LogP contribution in [0.1, 0.15) is 49.1 Å². The van der Waals surface area contributed by atoms with Gasteiger partial charge in [0.15, 0.2) is 0 Å². The first-order valence-electron chi connectivity index (χ1n) is 9.92. The average Bonchev–Trinajstić information content (AvgIpc) is 3.23. The molecule has 4 nitrogen and oxygen atoms in total. The third-order valence-corrected chi connectivity index (χ3v) is 5.78. The Balaban J connectivity index is 1.70. The lowest BCUT2D eigenvalue weighted by molar-refractivity contribution is -0.117. The van der Waals surface area contributed by atoms with Crippen molar-refractivity contribution in [2.45, 2.75) is 52.5 Å². The molecule has 0 radical (unpaired) electrons. The molecule has 0 N–H and O–H groups in total. The molecule has 140 valence electrons. The first kappa shape index (κ1) is 17.8.